The first-order valence-corrected chi connectivity index (χ1v) is 20.4. The molecule has 1 fully saturated rings. The molecule has 1 saturated heterocycles. The van der Waals surface area contributed by atoms with Crippen molar-refractivity contribution >= 4 is 65.1 Å². The Morgan fingerprint density at radius 2 is 1.48 bits per heavy atom. The number of aromatic nitrogens is 2. The molecule has 1 aliphatic heterocycles. The highest BCUT2D eigenvalue weighted by atomic mass is 16.4. The van der Waals surface area contributed by atoms with Gasteiger partial charge in [0.2, 0.25) is 53.2 Å². The van der Waals surface area contributed by atoms with Crippen molar-refractivity contribution in [1.29, 1.82) is 0 Å². The number of nitrogens with two attached hydrogens (primary N) is 4. The molecular weight excluding hydrogens is 846 g/mol. The first kappa shape index (κ1) is 53.2. The fourth-order valence-electron chi connectivity index (χ4n) is 6.34. The molecule has 7 atom stereocenters. The number of rotatable bonds is 27. The zero-order valence-corrected chi connectivity index (χ0v) is 35.9. The van der Waals surface area contributed by atoms with E-state index in [1.807, 2.05) is 0 Å². The number of hydrogen-bond acceptors (Lipinski definition) is 14. The first-order valence-electron chi connectivity index (χ1n) is 20.4. The van der Waals surface area contributed by atoms with E-state index in [-0.39, 0.29) is 57.6 Å². The van der Waals surface area contributed by atoms with Crippen LogP contribution in [0.25, 0.3) is 0 Å². The average Bonchev–Trinajstić information content (AvgIpc) is 3.95. The molecular formula is C37H61N15O12. The van der Waals surface area contributed by atoms with Gasteiger partial charge >= 0.3 is 5.97 Å². The summed E-state index contributed by atoms with van der Waals surface area (Å²) in [4.78, 5) is 140. The second kappa shape index (κ2) is 26.5. The van der Waals surface area contributed by atoms with Crippen molar-refractivity contribution in [3.05, 3.63) is 18.2 Å². The molecule has 0 radical (unpaired) electrons. The van der Waals surface area contributed by atoms with Gasteiger partial charge in [0.05, 0.1) is 26.0 Å². The van der Waals surface area contributed by atoms with Crippen LogP contribution < -0.4 is 60.2 Å². The SMILES string of the molecule is CC(C)[C@H](NC(=O)[C@H](CO)NC(=O)[C@H](Cc1cnc[nH]1)NC(=O)[C@H](CCCN=C(N)N)NC(=O)CNC(=O)[C@@H]1CCCN1C(=O)[C@H](CCC(N)=O)NC(=O)[C@H](C)NC(=O)CN)C(=O)O. The van der Waals surface area contributed by atoms with Crippen LogP contribution in [0, 0.1) is 5.92 Å². The number of amides is 9. The number of carbonyl (C=O) groups is 10. The lowest BCUT2D eigenvalue weighted by molar-refractivity contribution is -0.144. The van der Waals surface area contributed by atoms with Gasteiger partial charge in [-0.1, -0.05) is 13.8 Å². The Morgan fingerprint density at radius 1 is 0.844 bits per heavy atom. The van der Waals surface area contributed by atoms with Crippen LogP contribution in [0.1, 0.15) is 65.0 Å². The Labute approximate surface area is 367 Å². The molecule has 0 bridgehead atoms. The smallest absolute Gasteiger partial charge is 0.326 e. The number of nitrogens with one attached hydrogen (secondary N) is 8. The Balaban J connectivity index is 2.23. The molecule has 64 heavy (non-hydrogen) atoms. The molecule has 2 heterocycles. The zero-order chi connectivity index (χ0) is 48.1. The van der Waals surface area contributed by atoms with Crippen molar-refractivity contribution in [2.75, 3.05) is 32.8 Å². The van der Waals surface area contributed by atoms with E-state index in [1.54, 1.807) is 13.8 Å². The van der Waals surface area contributed by atoms with Crippen LogP contribution in [0.5, 0.6) is 0 Å². The number of carbonyl (C=O) groups excluding carboxylic acids is 9. The number of imidazole rings is 1. The van der Waals surface area contributed by atoms with E-state index >= 15 is 0 Å². The highest BCUT2D eigenvalue weighted by Crippen LogP contribution is 2.20. The second-order valence-electron chi connectivity index (χ2n) is 15.2. The number of aliphatic carboxylic acids is 1. The maximum atomic E-state index is 13.8. The lowest BCUT2D eigenvalue weighted by Crippen LogP contribution is -2.59. The van der Waals surface area contributed by atoms with Crippen LogP contribution in [0.15, 0.2) is 17.5 Å². The van der Waals surface area contributed by atoms with Crippen LogP contribution in [0.3, 0.4) is 0 Å². The minimum Gasteiger partial charge on any atom is -0.480 e. The summed E-state index contributed by atoms with van der Waals surface area (Å²) in [5.74, 6) is -9.47. The molecule has 2 rings (SSSR count). The highest BCUT2D eigenvalue weighted by Gasteiger charge is 2.39. The summed E-state index contributed by atoms with van der Waals surface area (Å²) in [6.45, 7) is 2.55. The molecule has 18 N–H and O–H groups in total. The van der Waals surface area contributed by atoms with E-state index in [4.69, 9.17) is 22.9 Å². The predicted molar refractivity (Wildman–Crippen MR) is 224 cm³/mol. The van der Waals surface area contributed by atoms with E-state index in [0.29, 0.717) is 12.1 Å². The number of aliphatic hydroxyl groups excluding tert-OH is 1. The third kappa shape index (κ3) is 17.8. The quantitative estimate of drug-likeness (QED) is 0.0222. The molecule has 9 amide bonds. The van der Waals surface area contributed by atoms with E-state index in [0.717, 1.165) is 0 Å². The summed E-state index contributed by atoms with van der Waals surface area (Å²) in [5.41, 5.74) is 21.8. The van der Waals surface area contributed by atoms with Gasteiger partial charge in [-0.2, -0.15) is 0 Å². The van der Waals surface area contributed by atoms with Gasteiger partial charge in [0.25, 0.3) is 0 Å². The Kier molecular flexibility index (Phi) is 22.1. The maximum Gasteiger partial charge on any atom is 0.326 e. The third-order valence-electron chi connectivity index (χ3n) is 9.77. The van der Waals surface area contributed by atoms with Gasteiger partial charge in [-0.15, -0.1) is 0 Å². The summed E-state index contributed by atoms with van der Waals surface area (Å²) in [7, 11) is 0. The number of likely N-dealkylation sites (tertiary alicyclic amines) is 1. The average molecular weight is 908 g/mol. The van der Waals surface area contributed by atoms with Crippen molar-refractivity contribution in [3.8, 4) is 0 Å². The summed E-state index contributed by atoms with van der Waals surface area (Å²) in [5, 5.41) is 36.3. The molecule has 27 nitrogen and oxygen atoms in total. The van der Waals surface area contributed by atoms with E-state index in [9.17, 15) is 58.2 Å². The monoisotopic (exact) mass is 907 g/mol. The molecule has 1 aromatic heterocycles. The van der Waals surface area contributed by atoms with Gasteiger partial charge in [-0.3, -0.25) is 48.1 Å². The van der Waals surface area contributed by atoms with Crippen molar-refractivity contribution in [2.45, 2.75) is 108 Å². The van der Waals surface area contributed by atoms with Gasteiger partial charge in [0.15, 0.2) is 5.96 Å². The van der Waals surface area contributed by atoms with Crippen LogP contribution in [0.2, 0.25) is 0 Å². The van der Waals surface area contributed by atoms with Crippen LogP contribution in [-0.2, 0) is 54.4 Å². The third-order valence-corrected chi connectivity index (χ3v) is 9.77. The molecule has 0 saturated carbocycles. The molecule has 0 unspecified atom stereocenters. The molecule has 0 spiro atoms. The second-order valence-corrected chi connectivity index (χ2v) is 15.2. The predicted octanol–water partition coefficient (Wildman–Crippen LogP) is -7.00. The van der Waals surface area contributed by atoms with E-state index in [1.165, 1.54) is 24.3 Å². The molecule has 27 heteroatoms. The number of aliphatic hydroxyl groups is 1. The minimum atomic E-state index is -1.63. The molecule has 1 aliphatic rings. The van der Waals surface area contributed by atoms with Gasteiger partial charge in [-0.05, 0) is 44.9 Å². The van der Waals surface area contributed by atoms with Crippen molar-refractivity contribution in [2.24, 2.45) is 33.8 Å². The highest BCUT2D eigenvalue weighted by molar-refractivity contribution is 5.97. The molecule has 356 valence electrons. The Bertz CT molecular complexity index is 1840. The molecule has 0 aliphatic carbocycles. The maximum absolute atomic E-state index is 13.8. The summed E-state index contributed by atoms with van der Waals surface area (Å²) < 4.78 is 0. The number of hydrogen-bond donors (Lipinski definition) is 14. The number of nitrogens with zero attached hydrogens (tertiary/aromatic N) is 3. The topological polar surface area (TPSA) is 444 Å². The van der Waals surface area contributed by atoms with Crippen LogP contribution in [-0.4, -0.2) is 165 Å². The number of primary amides is 1. The summed E-state index contributed by atoms with van der Waals surface area (Å²) in [6, 6.07) is -9.31. The normalized spacial score (nSPS) is 16.1. The van der Waals surface area contributed by atoms with Crippen molar-refractivity contribution in [1.82, 2.24) is 52.1 Å². The van der Waals surface area contributed by atoms with Gasteiger partial charge in [0.1, 0.15) is 42.3 Å². The minimum absolute atomic E-state index is 0.0332. The lowest BCUT2D eigenvalue weighted by Gasteiger charge is -2.29. The number of aromatic amines is 1. The van der Waals surface area contributed by atoms with Crippen molar-refractivity contribution in [3.63, 3.8) is 0 Å². The Hall–Kier alpha value is -6.90. The van der Waals surface area contributed by atoms with E-state index < -0.39 is 127 Å². The number of aliphatic imine (C=N–C) groups is 1. The number of guanidine groups is 1. The lowest BCUT2D eigenvalue weighted by atomic mass is 10.0. The zero-order valence-electron chi connectivity index (χ0n) is 35.9. The summed E-state index contributed by atoms with van der Waals surface area (Å²) in [6.07, 6.45) is 2.52. The van der Waals surface area contributed by atoms with Crippen LogP contribution in [0.4, 0.5) is 0 Å². The van der Waals surface area contributed by atoms with Gasteiger partial charge in [-0.25, -0.2) is 9.78 Å². The number of H-pyrrole nitrogens is 1. The number of carboxylic acids is 1. The largest absolute Gasteiger partial charge is 0.480 e. The van der Waals surface area contributed by atoms with Gasteiger partial charge < -0.3 is 80.2 Å². The van der Waals surface area contributed by atoms with Gasteiger partial charge in [0, 0.05) is 37.8 Å². The molecule has 0 aromatic carbocycles. The number of carboxylic acid groups (broad SMARTS) is 1. The summed E-state index contributed by atoms with van der Waals surface area (Å²) >= 11 is 0. The Morgan fingerprint density at radius 3 is 2.06 bits per heavy atom. The fraction of sp³-hybridized carbons (Fsp3) is 0.622. The fourth-order valence-corrected chi connectivity index (χ4v) is 6.34. The standard InChI is InChI=1S/C37H61N15O12/c1-18(2)29(36(63)64)51-33(60)24(16-53)50-32(59)23(12-20-14-42-17-45-20)49-31(58)21(6-4-10-43-37(40)41)47-28(56)15-44-34(61)25-7-5-11-52(25)35(62)22(8-9-26(39)54)48-30(57)19(3)46-27(55)13-38/h14,17-19,21-25,29,53H,4-13,15-16,38H2,1-3H3,(H2,39,54)(H,42,45)(H,44,61)(H,46,55)(H,47,56)(H,48,57)(H,49,58)(H,50,59)(H,51,60)(H,63,64)(H4,40,41,43)/t19-,21-,22-,23-,24-,25-,29-/m0/s1. The van der Waals surface area contributed by atoms with Crippen LogP contribution >= 0.6 is 0 Å². The van der Waals surface area contributed by atoms with E-state index in [2.05, 4.69) is 52.2 Å². The van der Waals surface area contributed by atoms with Crippen molar-refractivity contribution < 1.29 is 58.2 Å². The molecule has 1 aromatic rings. The first-order chi connectivity index (χ1) is 30.2.